The number of nitrogens with one attached hydrogen (secondary N) is 1. The molecule has 1 aromatic carbocycles. The van der Waals surface area contributed by atoms with Crippen LogP contribution in [0.2, 0.25) is 0 Å². The number of methoxy groups -OCH3 is 1. The number of hydrogen-bond donors (Lipinski definition) is 1. The van der Waals surface area contributed by atoms with E-state index in [4.69, 9.17) is 9.15 Å². The van der Waals surface area contributed by atoms with Gasteiger partial charge in [-0.05, 0) is 25.5 Å². The summed E-state index contributed by atoms with van der Waals surface area (Å²) in [6, 6.07) is 8.21. The Morgan fingerprint density at radius 1 is 1.30 bits per heavy atom. The largest absolute Gasteiger partial charge is 0.495 e. The highest BCUT2D eigenvalue weighted by atomic mass is 16.5. The van der Waals surface area contributed by atoms with Gasteiger partial charge in [0.25, 0.3) is 5.91 Å². The quantitative estimate of drug-likeness (QED) is 0.805. The molecule has 7 nitrogen and oxygen atoms in total. The van der Waals surface area contributed by atoms with Gasteiger partial charge in [0, 0.05) is 32.2 Å². The van der Waals surface area contributed by atoms with Crippen molar-refractivity contribution in [1.82, 2.24) is 15.2 Å². The van der Waals surface area contributed by atoms with Crippen LogP contribution in [-0.4, -0.2) is 55.1 Å². The first-order valence-corrected chi connectivity index (χ1v) is 9.46. The van der Waals surface area contributed by atoms with E-state index >= 15 is 0 Å². The van der Waals surface area contributed by atoms with Gasteiger partial charge in [-0.15, -0.1) is 0 Å². The van der Waals surface area contributed by atoms with E-state index in [2.05, 4.69) is 26.2 Å². The molecular formula is C20H28N4O3. The zero-order chi connectivity index (χ0) is 19.2. The van der Waals surface area contributed by atoms with Crippen LogP contribution in [-0.2, 0) is 6.54 Å². The molecule has 146 valence electrons. The summed E-state index contributed by atoms with van der Waals surface area (Å²) in [5.74, 6) is 1.30. The normalized spacial score (nSPS) is 16.2. The zero-order valence-corrected chi connectivity index (χ0v) is 16.3. The first-order chi connectivity index (χ1) is 13.1. The molecule has 0 radical (unpaired) electrons. The number of benzene rings is 1. The van der Waals surface area contributed by atoms with Crippen molar-refractivity contribution in [2.75, 3.05) is 38.2 Å². The molecule has 27 heavy (non-hydrogen) atoms. The fraction of sp³-hybridized carbons (Fsp3) is 0.500. The van der Waals surface area contributed by atoms with Gasteiger partial charge >= 0.3 is 0 Å². The summed E-state index contributed by atoms with van der Waals surface area (Å²) in [6.45, 7) is 8.22. The van der Waals surface area contributed by atoms with Crippen LogP contribution in [0, 0.1) is 0 Å². The van der Waals surface area contributed by atoms with E-state index in [9.17, 15) is 4.79 Å². The molecule has 0 bridgehead atoms. The lowest BCUT2D eigenvalue weighted by Gasteiger charge is -2.36. The molecule has 1 aliphatic heterocycles. The number of para-hydroxylation sites is 2. The molecular weight excluding hydrogens is 344 g/mol. The number of nitrogens with zero attached hydrogens (tertiary/aromatic N) is 3. The Balaban J connectivity index is 1.53. The molecule has 7 heteroatoms. The average Bonchev–Trinajstić information content (AvgIpc) is 3.17. The van der Waals surface area contributed by atoms with Crippen LogP contribution >= 0.6 is 0 Å². The maximum Gasteiger partial charge on any atom is 0.273 e. The Bertz CT molecular complexity index is 753. The van der Waals surface area contributed by atoms with Gasteiger partial charge in [-0.1, -0.05) is 19.1 Å². The number of piperazine rings is 1. The van der Waals surface area contributed by atoms with Gasteiger partial charge < -0.3 is 19.4 Å². The van der Waals surface area contributed by atoms with Crippen molar-refractivity contribution in [3.8, 4) is 5.75 Å². The molecule has 3 rings (SSSR count). The Hall–Kier alpha value is -2.54. The molecule has 1 saturated heterocycles. The van der Waals surface area contributed by atoms with E-state index in [-0.39, 0.29) is 11.9 Å². The molecule has 0 spiro atoms. The van der Waals surface area contributed by atoms with E-state index < -0.39 is 0 Å². The lowest BCUT2D eigenvalue weighted by atomic mass is 10.2. The predicted molar refractivity (Wildman–Crippen MR) is 104 cm³/mol. The maximum absolute atomic E-state index is 12.1. The number of ether oxygens (including phenoxy) is 1. The van der Waals surface area contributed by atoms with Crippen LogP contribution in [0.15, 0.2) is 34.9 Å². The number of anilines is 1. The third kappa shape index (κ3) is 4.80. The molecule has 1 amide bonds. The van der Waals surface area contributed by atoms with E-state index in [0.29, 0.717) is 18.1 Å². The maximum atomic E-state index is 12.1. The second-order valence-electron chi connectivity index (χ2n) is 6.84. The fourth-order valence-electron chi connectivity index (χ4n) is 3.12. The van der Waals surface area contributed by atoms with Crippen molar-refractivity contribution in [2.45, 2.75) is 32.9 Å². The third-order valence-electron chi connectivity index (χ3n) is 4.93. The Morgan fingerprint density at radius 3 is 2.74 bits per heavy atom. The van der Waals surface area contributed by atoms with Gasteiger partial charge in [-0.3, -0.25) is 9.69 Å². The SMILES string of the molecule is CC[C@@H](C)NC(=O)c1coc(CN2CCN(c3ccccc3OC)CC2)n1. The number of hydrogen-bond acceptors (Lipinski definition) is 6. The number of rotatable bonds is 7. The average molecular weight is 372 g/mol. The van der Waals surface area contributed by atoms with Crippen molar-refractivity contribution in [3.63, 3.8) is 0 Å². The van der Waals surface area contributed by atoms with Crippen LogP contribution < -0.4 is 15.0 Å². The lowest BCUT2D eigenvalue weighted by Crippen LogP contribution is -2.46. The highest BCUT2D eigenvalue weighted by molar-refractivity contribution is 5.92. The van der Waals surface area contributed by atoms with Crippen molar-refractivity contribution in [2.24, 2.45) is 0 Å². The van der Waals surface area contributed by atoms with E-state index in [1.807, 2.05) is 32.0 Å². The van der Waals surface area contributed by atoms with Crippen molar-refractivity contribution in [1.29, 1.82) is 0 Å². The Kier molecular flexibility index (Phi) is 6.34. The Morgan fingerprint density at radius 2 is 2.04 bits per heavy atom. The molecule has 2 heterocycles. The predicted octanol–water partition coefficient (Wildman–Crippen LogP) is 2.53. The van der Waals surface area contributed by atoms with E-state index in [1.54, 1.807) is 7.11 Å². The van der Waals surface area contributed by atoms with Crippen LogP contribution in [0.4, 0.5) is 5.69 Å². The minimum absolute atomic E-state index is 0.126. The molecule has 2 aromatic rings. The van der Waals surface area contributed by atoms with Gasteiger partial charge in [0.05, 0.1) is 19.3 Å². The molecule has 0 aliphatic carbocycles. The summed E-state index contributed by atoms with van der Waals surface area (Å²) in [7, 11) is 1.70. The molecule has 0 unspecified atom stereocenters. The summed E-state index contributed by atoms with van der Waals surface area (Å²) in [5.41, 5.74) is 1.47. The van der Waals surface area contributed by atoms with Gasteiger partial charge in [-0.2, -0.15) is 0 Å². The van der Waals surface area contributed by atoms with Gasteiger partial charge in [0.15, 0.2) is 5.69 Å². The minimum Gasteiger partial charge on any atom is -0.495 e. The molecule has 1 N–H and O–H groups in total. The topological polar surface area (TPSA) is 70.8 Å². The summed E-state index contributed by atoms with van der Waals surface area (Å²) in [6.07, 6.45) is 2.32. The Labute approximate surface area is 160 Å². The first-order valence-electron chi connectivity index (χ1n) is 9.46. The minimum atomic E-state index is -0.180. The highest BCUT2D eigenvalue weighted by Gasteiger charge is 2.21. The van der Waals surface area contributed by atoms with Crippen LogP contribution in [0.5, 0.6) is 5.75 Å². The fourth-order valence-corrected chi connectivity index (χ4v) is 3.12. The summed E-state index contributed by atoms with van der Waals surface area (Å²) in [5, 5.41) is 2.90. The summed E-state index contributed by atoms with van der Waals surface area (Å²) < 4.78 is 11.0. The van der Waals surface area contributed by atoms with Crippen LogP contribution in [0.1, 0.15) is 36.6 Å². The smallest absolute Gasteiger partial charge is 0.273 e. The second kappa shape index (κ2) is 8.90. The van der Waals surface area contributed by atoms with Crippen molar-refractivity contribution >= 4 is 11.6 Å². The number of oxazole rings is 1. The van der Waals surface area contributed by atoms with Crippen molar-refractivity contribution < 1.29 is 13.9 Å². The number of amides is 1. The first kappa shape index (κ1) is 19.2. The zero-order valence-electron chi connectivity index (χ0n) is 16.3. The van der Waals surface area contributed by atoms with Crippen LogP contribution in [0.25, 0.3) is 0 Å². The number of aromatic nitrogens is 1. The van der Waals surface area contributed by atoms with Crippen molar-refractivity contribution in [3.05, 3.63) is 42.1 Å². The number of carbonyl (C=O) groups is 1. The highest BCUT2D eigenvalue weighted by Crippen LogP contribution is 2.28. The van der Waals surface area contributed by atoms with E-state index in [0.717, 1.165) is 44.0 Å². The molecule has 1 aliphatic rings. The molecule has 1 fully saturated rings. The second-order valence-corrected chi connectivity index (χ2v) is 6.84. The lowest BCUT2D eigenvalue weighted by molar-refractivity contribution is 0.0934. The van der Waals surface area contributed by atoms with Gasteiger partial charge in [0.2, 0.25) is 5.89 Å². The molecule has 1 atom stereocenters. The summed E-state index contributed by atoms with van der Waals surface area (Å²) >= 11 is 0. The van der Waals surface area contributed by atoms with E-state index in [1.165, 1.54) is 6.26 Å². The van der Waals surface area contributed by atoms with Crippen LogP contribution in [0.3, 0.4) is 0 Å². The summed E-state index contributed by atoms with van der Waals surface area (Å²) in [4.78, 5) is 21.1. The number of carbonyl (C=O) groups excluding carboxylic acids is 1. The standard InChI is InChI=1S/C20H28N4O3/c1-4-15(2)21-20(25)16-14-27-19(22-16)13-23-9-11-24(12-10-23)17-7-5-6-8-18(17)26-3/h5-8,14-15H,4,9-13H2,1-3H3,(H,21,25)/t15-/m1/s1. The van der Waals surface area contributed by atoms with Gasteiger partial charge in [-0.25, -0.2) is 4.98 Å². The van der Waals surface area contributed by atoms with Gasteiger partial charge in [0.1, 0.15) is 12.0 Å². The molecule has 1 aromatic heterocycles. The molecule has 0 saturated carbocycles. The monoisotopic (exact) mass is 372 g/mol. The third-order valence-corrected chi connectivity index (χ3v) is 4.93.